The highest BCUT2D eigenvalue weighted by molar-refractivity contribution is 6.31. The average Bonchev–Trinajstić information content (AvgIpc) is 2.30. The van der Waals surface area contributed by atoms with Crippen molar-refractivity contribution in [3.05, 3.63) is 16.9 Å². The molecule has 0 unspecified atom stereocenters. The molecule has 5 heteroatoms. The van der Waals surface area contributed by atoms with Gasteiger partial charge in [0.1, 0.15) is 6.54 Å². The number of hydrogen-bond donors (Lipinski definition) is 1. The van der Waals surface area contributed by atoms with Gasteiger partial charge in [0.2, 0.25) is 0 Å². The number of halogens is 1. The van der Waals surface area contributed by atoms with Gasteiger partial charge in [-0.25, -0.2) is 0 Å². The highest BCUT2D eigenvalue weighted by atomic mass is 35.5. The number of hydrogen-bond acceptors (Lipinski definition) is 2. The van der Waals surface area contributed by atoms with E-state index in [0.29, 0.717) is 5.02 Å². The predicted molar refractivity (Wildman–Crippen MR) is 49.0 cm³/mol. The molecular weight excluding hydrogens is 192 g/mol. The quantitative estimate of drug-likeness (QED) is 0.813. The summed E-state index contributed by atoms with van der Waals surface area (Å²) in [5.41, 5.74) is 0.768. The van der Waals surface area contributed by atoms with E-state index >= 15 is 0 Å². The number of aromatic nitrogens is 2. The number of nitrogens with zero attached hydrogens (tertiary/aromatic N) is 2. The van der Waals surface area contributed by atoms with E-state index in [1.807, 2.05) is 13.8 Å². The molecule has 0 fully saturated rings. The molecule has 0 spiro atoms. The third kappa shape index (κ3) is 2.21. The van der Waals surface area contributed by atoms with Crippen molar-refractivity contribution >= 4 is 17.6 Å². The Hall–Kier alpha value is -1.03. The van der Waals surface area contributed by atoms with Gasteiger partial charge in [-0.05, 0) is 5.92 Å². The van der Waals surface area contributed by atoms with E-state index in [4.69, 9.17) is 16.7 Å². The molecule has 0 atom stereocenters. The number of aliphatic carboxylic acids is 1. The summed E-state index contributed by atoms with van der Waals surface area (Å²) in [5.74, 6) is -0.740. The van der Waals surface area contributed by atoms with Crippen LogP contribution in [0, 0.1) is 0 Å². The molecule has 0 saturated carbocycles. The maximum absolute atomic E-state index is 10.4. The molecule has 13 heavy (non-hydrogen) atoms. The molecule has 72 valence electrons. The Bertz CT molecular complexity index is 320. The Labute approximate surface area is 81.1 Å². The van der Waals surface area contributed by atoms with Gasteiger partial charge < -0.3 is 5.11 Å². The summed E-state index contributed by atoms with van der Waals surface area (Å²) in [6.45, 7) is 3.75. The Morgan fingerprint density at radius 2 is 2.38 bits per heavy atom. The van der Waals surface area contributed by atoms with Crippen molar-refractivity contribution in [3.63, 3.8) is 0 Å². The van der Waals surface area contributed by atoms with Gasteiger partial charge in [-0.1, -0.05) is 25.4 Å². The zero-order valence-corrected chi connectivity index (χ0v) is 8.25. The predicted octanol–water partition coefficient (Wildman–Crippen LogP) is 1.74. The van der Waals surface area contributed by atoms with Crippen LogP contribution in [0.1, 0.15) is 25.5 Å². The molecule has 0 bridgehead atoms. The molecular formula is C8H11ClN2O2. The van der Waals surface area contributed by atoms with Crippen LogP contribution in [0.4, 0.5) is 0 Å². The number of carboxylic acid groups (broad SMARTS) is 1. The minimum Gasteiger partial charge on any atom is -0.480 e. The molecule has 0 aliphatic carbocycles. The third-order valence-electron chi connectivity index (χ3n) is 1.67. The molecule has 1 N–H and O–H groups in total. The summed E-state index contributed by atoms with van der Waals surface area (Å²) < 4.78 is 1.41. The maximum Gasteiger partial charge on any atom is 0.325 e. The Morgan fingerprint density at radius 3 is 2.85 bits per heavy atom. The molecule has 0 radical (unpaired) electrons. The van der Waals surface area contributed by atoms with Gasteiger partial charge in [0, 0.05) is 0 Å². The molecule has 0 aliphatic heterocycles. The minimum absolute atomic E-state index is 0.139. The van der Waals surface area contributed by atoms with E-state index in [1.165, 1.54) is 10.9 Å². The van der Waals surface area contributed by atoms with Crippen molar-refractivity contribution in [2.75, 3.05) is 0 Å². The highest BCUT2D eigenvalue weighted by Gasteiger charge is 2.14. The van der Waals surface area contributed by atoms with Crippen molar-refractivity contribution in [1.82, 2.24) is 9.78 Å². The molecule has 1 aromatic heterocycles. The Balaban J connectivity index is 3.00. The first-order valence-electron chi connectivity index (χ1n) is 3.95. The second kappa shape index (κ2) is 3.79. The Morgan fingerprint density at radius 1 is 1.77 bits per heavy atom. The van der Waals surface area contributed by atoms with Gasteiger partial charge in [0.05, 0.1) is 16.9 Å². The SMILES string of the molecule is CC(C)c1c(Cl)cnn1CC(=O)O. The monoisotopic (exact) mass is 202 g/mol. The fourth-order valence-electron chi connectivity index (χ4n) is 1.20. The molecule has 0 aliphatic rings. The van der Waals surface area contributed by atoms with E-state index in [-0.39, 0.29) is 12.5 Å². The largest absolute Gasteiger partial charge is 0.480 e. The minimum atomic E-state index is -0.915. The molecule has 0 aromatic carbocycles. The van der Waals surface area contributed by atoms with Crippen LogP contribution in [0.3, 0.4) is 0 Å². The molecule has 1 rings (SSSR count). The molecule has 0 amide bonds. The number of rotatable bonds is 3. The van der Waals surface area contributed by atoms with Gasteiger partial charge >= 0.3 is 5.97 Å². The normalized spacial score (nSPS) is 10.8. The molecule has 1 aromatic rings. The van der Waals surface area contributed by atoms with Gasteiger partial charge in [0.15, 0.2) is 0 Å². The van der Waals surface area contributed by atoms with Crippen molar-refractivity contribution < 1.29 is 9.90 Å². The zero-order chi connectivity index (χ0) is 10.0. The summed E-state index contributed by atoms with van der Waals surface area (Å²) in [4.78, 5) is 10.4. The van der Waals surface area contributed by atoms with Crippen LogP contribution in [-0.2, 0) is 11.3 Å². The van der Waals surface area contributed by atoms with Crippen LogP contribution in [0.2, 0.25) is 5.02 Å². The topological polar surface area (TPSA) is 55.1 Å². The van der Waals surface area contributed by atoms with Crippen molar-refractivity contribution in [1.29, 1.82) is 0 Å². The van der Waals surface area contributed by atoms with E-state index in [1.54, 1.807) is 0 Å². The number of carbonyl (C=O) groups is 1. The van der Waals surface area contributed by atoms with Crippen LogP contribution >= 0.6 is 11.6 Å². The molecule has 0 saturated heterocycles. The Kier molecular flexibility index (Phi) is 2.93. The summed E-state index contributed by atoms with van der Waals surface area (Å²) in [7, 11) is 0. The van der Waals surface area contributed by atoms with E-state index in [2.05, 4.69) is 5.10 Å². The van der Waals surface area contributed by atoms with Crippen LogP contribution in [0.5, 0.6) is 0 Å². The van der Waals surface area contributed by atoms with Crippen molar-refractivity contribution in [2.45, 2.75) is 26.3 Å². The van der Waals surface area contributed by atoms with Gasteiger partial charge in [-0.15, -0.1) is 0 Å². The highest BCUT2D eigenvalue weighted by Crippen LogP contribution is 2.23. The van der Waals surface area contributed by atoms with Crippen LogP contribution in [0.15, 0.2) is 6.20 Å². The average molecular weight is 203 g/mol. The van der Waals surface area contributed by atoms with Gasteiger partial charge in [0.25, 0.3) is 0 Å². The van der Waals surface area contributed by atoms with E-state index in [9.17, 15) is 4.79 Å². The van der Waals surface area contributed by atoms with Crippen molar-refractivity contribution in [2.24, 2.45) is 0 Å². The summed E-state index contributed by atoms with van der Waals surface area (Å²) in [5, 5.41) is 13.0. The van der Waals surface area contributed by atoms with E-state index < -0.39 is 5.97 Å². The van der Waals surface area contributed by atoms with Gasteiger partial charge in [-0.2, -0.15) is 5.10 Å². The van der Waals surface area contributed by atoms with Crippen LogP contribution in [0.25, 0.3) is 0 Å². The smallest absolute Gasteiger partial charge is 0.325 e. The summed E-state index contributed by atoms with van der Waals surface area (Å²) in [6.07, 6.45) is 1.47. The maximum atomic E-state index is 10.4. The third-order valence-corrected chi connectivity index (χ3v) is 1.96. The fraction of sp³-hybridized carbons (Fsp3) is 0.500. The molecule has 1 heterocycles. The first-order valence-corrected chi connectivity index (χ1v) is 4.33. The first kappa shape index (κ1) is 10.1. The second-order valence-electron chi connectivity index (χ2n) is 3.08. The van der Waals surface area contributed by atoms with Gasteiger partial charge in [-0.3, -0.25) is 9.48 Å². The van der Waals surface area contributed by atoms with Crippen LogP contribution < -0.4 is 0 Å². The number of carboxylic acids is 1. The lowest BCUT2D eigenvalue weighted by molar-refractivity contribution is -0.137. The molecule has 4 nitrogen and oxygen atoms in total. The van der Waals surface area contributed by atoms with Crippen LogP contribution in [-0.4, -0.2) is 20.9 Å². The lowest BCUT2D eigenvalue weighted by Gasteiger charge is -2.08. The summed E-state index contributed by atoms with van der Waals surface area (Å²) >= 11 is 5.85. The lowest BCUT2D eigenvalue weighted by atomic mass is 10.1. The zero-order valence-electron chi connectivity index (χ0n) is 7.49. The van der Waals surface area contributed by atoms with E-state index in [0.717, 1.165) is 5.69 Å². The first-order chi connectivity index (χ1) is 6.02. The summed E-state index contributed by atoms with van der Waals surface area (Å²) in [6, 6.07) is 0. The lowest BCUT2D eigenvalue weighted by Crippen LogP contribution is -2.13. The fourth-order valence-corrected chi connectivity index (χ4v) is 1.56. The standard InChI is InChI=1S/C8H11ClN2O2/c1-5(2)8-6(9)3-10-11(8)4-7(12)13/h3,5H,4H2,1-2H3,(H,12,13). The second-order valence-corrected chi connectivity index (χ2v) is 3.49. The van der Waals surface area contributed by atoms with Crippen molar-refractivity contribution in [3.8, 4) is 0 Å².